The molecule has 132 valence electrons. The number of aromatic amines is 1. The second kappa shape index (κ2) is 6.44. The molecule has 0 fully saturated rings. The molecule has 0 unspecified atom stereocenters. The summed E-state index contributed by atoms with van der Waals surface area (Å²) < 4.78 is 16.1. The summed E-state index contributed by atoms with van der Waals surface area (Å²) in [7, 11) is 4.86. The second-order valence-corrected chi connectivity index (χ2v) is 5.66. The molecule has 2 N–H and O–H groups in total. The first-order valence-corrected chi connectivity index (χ1v) is 8.04. The molecule has 4 rings (SSSR count). The van der Waals surface area contributed by atoms with Gasteiger partial charge in [-0.2, -0.15) is 5.10 Å². The van der Waals surface area contributed by atoms with Crippen molar-refractivity contribution in [2.45, 2.75) is 0 Å². The van der Waals surface area contributed by atoms with Crippen LogP contribution in [0.4, 0.5) is 11.5 Å². The average molecular weight is 350 g/mol. The number of benzene rings is 2. The number of aromatic nitrogens is 3. The molecule has 2 aromatic carbocycles. The predicted octanol–water partition coefficient (Wildman–Crippen LogP) is 3.88. The first kappa shape index (κ1) is 16.0. The quantitative estimate of drug-likeness (QED) is 0.568. The Morgan fingerprint density at radius 3 is 2.50 bits per heavy atom. The molecule has 0 spiro atoms. The number of rotatable bonds is 5. The van der Waals surface area contributed by atoms with Crippen LogP contribution >= 0.6 is 0 Å². The highest BCUT2D eigenvalue weighted by atomic mass is 16.5. The lowest BCUT2D eigenvalue weighted by Gasteiger charge is -2.12. The monoisotopic (exact) mass is 350 g/mol. The van der Waals surface area contributed by atoms with Crippen molar-refractivity contribution < 1.29 is 14.2 Å². The Labute approximate surface area is 149 Å². The van der Waals surface area contributed by atoms with Crippen LogP contribution in [-0.4, -0.2) is 36.5 Å². The summed E-state index contributed by atoms with van der Waals surface area (Å²) >= 11 is 0. The minimum absolute atomic E-state index is 0.637. The van der Waals surface area contributed by atoms with Gasteiger partial charge in [-0.3, -0.25) is 5.10 Å². The Kier molecular flexibility index (Phi) is 3.96. The van der Waals surface area contributed by atoms with Crippen LogP contribution in [0.15, 0.2) is 42.6 Å². The third-order valence-corrected chi connectivity index (χ3v) is 4.24. The van der Waals surface area contributed by atoms with Crippen molar-refractivity contribution in [2.75, 3.05) is 26.6 Å². The van der Waals surface area contributed by atoms with Crippen molar-refractivity contribution in [3.05, 3.63) is 42.6 Å². The van der Waals surface area contributed by atoms with E-state index in [4.69, 9.17) is 19.2 Å². The van der Waals surface area contributed by atoms with Crippen LogP contribution in [0.1, 0.15) is 0 Å². The zero-order chi connectivity index (χ0) is 18.1. The number of ether oxygens (including phenoxy) is 3. The zero-order valence-corrected chi connectivity index (χ0v) is 14.7. The van der Waals surface area contributed by atoms with E-state index in [-0.39, 0.29) is 0 Å². The minimum atomic E-state index is 0.637. The Morgan fingerprint density at radius 2 is 1.73 bits per heavy atom. The molecule has 0 saturated heterocycles. The predicted molar refractivity (Wildman–Crippen MR) is 101 cm³/mol. The van der Waals surface area contributed by atoms with Gasteiger partial charge in [0.15, 0.2) is 17.3 Å². The number of H-pyrrole nitrogens is 1. The fraction of sp³-hybridized carbons (Fsp3) is 0.158. The molecule has 0 aliphatic heterocycles. The molecule has 0 aliphatic rings. The fourth-order valence-electron chi connectivity index (χ4n) is 3.03. The van der Waals surface area contributed by atoms with E-state index in [1.54, 1.807) is 21.3 Å². The lowest BCUT2D eigenvalue weighted by molar-refractivity contribution is 0.355. The first-order valence-electron chi connectivity index (χ1n) is 8.04. The number of hydrogen-bond donors (Lipinski definition) is 2. The number of nitrogens with zero attached hydrogens (tertiary/aromatic N) is 2. The molecule has 7 heteroatoms. The Bertz CT molecular complexity index is 1090. The molecule has 0 bridgehead atoms. The van der Waals surface area contributed by atoms with E-state index in [0.717, 1.165) is 33.2 Å². The fourth-order valence-corrected chi connectivity index (χ4v) is 3.03. The Balaban J connectivity index is 1.85. The molecule has 7 nitrogen and oxygen atoms in total. The summed E-state index contributed by atoms with van der Waals surface area (Å²) in [6.07, 6.45) is 1.85. The van der Waals surface area contributed by atoms with Crippen LogP contribution in [0.25, 0.3) is 21.8 Å². The molecule has 0 radical (unpaired) electrons. The standard InChI is InChI=1S/C19H18N4O3/c1-24-14-8-7-11(9-16(14)26-3)21-19-18-12(10-20-23-18)17-13(22-19)5-4-6-15(17)25-2/h4-10H,1-3H3,(H,20,23)(H,21,22). The van der Waals surface area contributed by atoms with Gasteiger partial charge in [0.1, 0.15) is 11.3 Å². The molecular formula is C19H18N4O3. The van der Waals surface area contributed by atoms with E-state index in [1.807, 2.05) is 42.6 Å². The van der Waals surface area contributed by atoms with Gasteiger partial charge in [-0.05, 0) is 24.3 Å². The zero-order valence-electron chi connectivity index (χ0n) is 14.7. The van der Waals surface area contributed by atoms with E-state index in [1.165, 1.54) is 0 Å². The van der Waals surface area contributed by atoms with Crippen LogP contribution in [-0.2, 0) is 0 Å². The first-order chi connectivity index (χ1) is 12.7. The SMILES string of the molecule is COc1ccc(Nc2nc3cccc(OC)c3c3c[nH]nc23)cc1OC. The van der Waals surface area contributed by atoms with E-state index in [0.29, 0.717) is 17.3 Å². The summed E-state index contributed by atoms with van der Waals surface area (Å²) in [5, 5.41) is 12.5. The van der Waals surface area contributed by atoms with Gasteiger partial charge in [0.2, 0.25) is 0 Å². The lowest BCUT2D eigenvalue weighted by Crippen LogP contribution is -1.98. The molecule has 0 aliphatic carbocycles. The maximum absolute atomic E-state index is 5.49. The van der Waals surface area contributed by atoms with Gasteiger partial charge in [0.05, 0.1) is 32.2 Å². The maximum Gasteiger partial charge on any atom is 0.162 e. The molecule has 0 atom stereocenters. The molecule has 4 aromatic rings. The van der Waals surface area contributed by atoms with Gasteiger partial charge >= 0.3 is 0 Å². The number of nitrogens with one attached hydrogen (secondary N) is 2. The van der Waals surface area contributed by atoms with Crippen molar-refractivity contribution in [3.8, 4) is 17.2 Å². The maximum atomic E-state index is 5.49. The molecular weight excluding hydrogens is 332 g/mol. The smallest absolute Gasteiger partial charge is 0.162 e. The third-order valence-electron chi connectivity index (χ3n) is 4.24. The van der Waals surface area contributed by atoms with Crippen LogP contribution in [0.2, 0.25) is 0 Å². The molecule has 26 heavy (non-hydrogen) atoms. The van der Waals surface area contributed by atoms with Gasteiger partial charge in [0, 0.05) is 23.3 Å². The summed E-state index contributed by atoms with van der Waals surface area (Å²) in [6.45, 7) is 0. The molecule has 2 heterocycles. The number of fused-ring (bicyclic) bond motifs is 3. The topological polar surface area (TPSA) is 81.3 Å². The van der Waals surface area contributed by atoms with Crippen LogP contribution < -0.4 is 19.5 Å². The van der Waals surface area contributed by atoms with E-state index in [2.05, 4.69) is 15.5 Å². The van der Waals surface area contributed by atoms with Gasteiger partial charge in [-0.15, -0.1) is 0 Å². The third kappa shape index (κ3) is 2.54. The highest BCUT2D eigenvalue weighted by molar-refractivity contribution is 6.11. The van der Waals surface area contributed by atoms with Crippen LogP contribution in [0, 0.1) is 0 Å². The Hall–Kier alpha value is -3.48. The highest BCUT2D eigenvalue weighted by Crippen LogP contribution is 2.36. The molecule has 0 amide bonds. The van der Waals surface area contributed by atoms with Gasteiger partial charge < -0.3 is 19.5 Å². The van der Waals surface area contributed by atoms with Crippen molar-refractivity contribution >= 4 is 33.3 Å². The largest absolute Gasteiger partial charge is 0.496 e. The lowest BCUT2D eigenvalue weighted by atomic mass is 10.1. The van der Waals surface area contributed by atoms with Crippen molar-refractivity contribution in [3.63, 3.8) is 0 Å². The summed E-state index contributed by atoms with van der Waals surface area (Å²) in [5.41, 5.74) is 2.37. The summed E-state index contributed by atoms with van der Waals surface area (Å²) in [4.78, 5) is 4.73. The van der Waals surface area contributed by atoms with Crippen molar-refractivity contribution in [1.29, 1.82) is 0 Å². The number of hydrogen-bond acceptors (Lipinski definition) is 6. The van der Waals surface area contributed by atoms with E-state index >= 15 is 0 Å². The summed E-state index contributed by atoms with van der Waals surface area (Å²) in [5.74, 6) is 2.71. The number of methoxy groups -OCH3 is 3. The molecule has 0 saturated carbocycles. The van der Waals surface area contributed by atoms with Gasteiger partial charge in [0.25, 0.3) is 0 Å². The Morgan fingerprint density at radius 1 is 0.923 bits per heavy atom. The van der Waals surface area contributed by atoms with Crippen molar-refractivity contribution in [2.24, 2.45) is 0 Å². The van der Waals surface area contributed by atoms with E-state index in [9.17, 15) is 0 Å². The van der Waals surface area contributed by atoms with Gasteiger partial charge in [-0.25, -0.2) is 4.98 Å². The van der Waals surface area contributed by atoms with Crippen LogP contribution in [0.5, 0.6) is 17.2 Å². The minimum Gasteiger partial charge on any atom is -0.496 e. The van der Waals surface area contributed by atoms with Gasteiger partial charge in [-0.1, -0.05) is 6.07 Å². The van der Waals surface area contributed by atoms with Crippen LogP contribution in [0.3, 0.4) is 0 Å². The normalized spacial score (nSPS) is 10.9. The number of pyridine rings is 1. The average Bonchev–Trinajstić information content (AvgIpc) is 3.17. The van der Waals surface area contributed by atoms with E-state index < -0.39 is 0 Å². The number of anilines is 2. The summed E-state index contributed by atoms with van der Waals surface area (Å²) in [6, 6.07) is 11.4. The molecule has 2 aromatic heterocycles. The highest BCUT2D eigenvalue weighted by Gasteiger charge is 2.15. The second-order valence-electron chi connectivity index (χ2n) is 5.66. The van der Waals surface area contributed by atoms with Crippen molar-refractivity contribution in [1.82, 2.24) is 15.2 Å².